The molecule has 0 saturated carbocycles. The quantitative estimate of drug-likeness (QED) is 0.436. The molecule has 2 aromatic heterocycles. The molecule has 1 aromatic carbocycles. The maximum Gasteiger partial charge on any atom is 0.270 e. The third-order valence-electron chi connectivity index (χ3n) is 2.70. The van der Waals surface area contributed by atoms with Crippen molar-refractivity contribution in [2.45, 2.75) is 0 Å². The molecule has 0 spiro atoms. The SMILES string of the molecule is Nc1ccc([N+](=O)[O-])cc1-c1nc(-c2cnccn2)no1. The molecule has 21 heavy (non-hydrogen) atoms. The fourth-order valence-corrected chi connectivity index (χ4v) is 1.69. The van der Waals surface area contributed by atoms with E-state index in [1.54, 1.807) is 0 Å². The van der Waals surface area contributed by atoms with Crippen molar-refractivity contribution in [3.05, 3.63) is 46.9 Å². The molecule has 2 N–H and O–H groups in total. The lowest BCUT2D eigenvalue weighted by Gasteiger charge is -1.99. The smallest absolute Gasteiger partial charge is 0.270 e. The van der Waals surface area contributed by atoms with E-state index in [-0.39, 0.29) is 17.4 Å². The number of anilines is 1. The Labute approximate surface area is 117 Å². The van der Waals surface area contributed by atoms with E-state index in [1.165, 1.54) is 36.8 Å². The van der Waals surface area contributed by atoms with Gasteiger partial charge in [0.2, 0.25) is 5.82 Å². The molecule has 0 fully saturated rings. The zero-order valence-electron chi connectivity index (χ0n) is 10.5. The lowest BCUT2D eigenvalue weighted by atomic mass is 10.1. The van der Waals surface area contributed by atoms with Crippen LogP contribution < -0.4 is 5.73 Å². The van der Waals surface area contributed by atoms with E-state index in [2.05, 4.69) is 20.1 Å². The summed E-state index contributed by atoms with van der Waals surface area (Å²) in [5.41, 5.74) is 6.70. The van der Waals surface area contributed by atoms with Crippen molar-refractivity contribution in [2.75, 3.05) is 5.73 Å². The summed E-state index contributed by atoms with van der Waals surface area (Å²) in [6, 6.07) is 4.00. The standard InChI is InChI=1S/C12H8N6O3/c13-9-2-1-7(18(19)20)5-8(9)12-16-11(17-21-12)10-6-14-3-4-15-10/h1-6H,13H2. The Kier molecular flexibility index (Phi) is 2.99. The second-order valence-corrected chi connectivity index (χ2v) is 4.04. The molecule has 0 radical (unpaired) electrons. The van der Waals surface area contributed by atoms with Crippen LogP contribution in [0.3, 0.4) is 0 Å². The van der Waals surface area contributed by atoms with Crippen LogP contribution in [-0.4, -0.2) is 25.0 Å². The van der Waals surface area contributed by atoms with Crippen LogP contribution in [0.2, 0.25) is 0 Å². The largest absolute Gasteiger partial charge is 0.398 e. The number of nitro benzene ring substituents is 1. The zero-order chi connectivity index (χ0) is 14.8. The van der Waals surface area contributed by atoms with Gasteiger partial charge in [0.15, 0.2) is 0 Å². The Morgan fingerprint density at radius 1 is 1.29 bits per heavy atom. The lowest BCUT2D eigenvalue weighted by molar-refractivity contribution is -0.384. The molecule has 0 bridgehead atoms. The summed E-state index contributed by atoms with van der Waals surface area (Å²) in [6.07, 6.45) is 4.49. The highest BCUT2D eigenvalue weighted by molar-refractivity contribution is 5.73. The van der Waals surface area contributed by atoms with Crippen LogP contribution in [0, 0.1) is 10.1 Å². The Bertz CT molecular complexity index is 802. The third kappa shape index (κ3) is 2.39. The highest BCUT2D eigenvalue weighted by Gasteiger charge is 2.17. The van der Waals surface area contributed by atoms with E-state index >= 15 is 0 Å². The van der Waals surface area contributed by atoms with Crippen LogP contribution in [0.15, 0.2) is 41.3 Å². The second-order valence-electron chi connectivity index (χ2n) is 4.04. The highest BCUT2D eigenvalue weighted by atomic mass is 16.6. The average molecular weight is 284 g/mol. The number of benzene rings is 1. The molecule has 0 saturated heterocycles. The molecule has 9 heteroatoms. The highest BCUT2D eigenvalue weighted by Crippen LogP contribution is 2.29. The number of rotatable bonds is 3. The fourth-order valence-electron chi connectivity index (χ4n) is 1.69. The van der Waals surface area contributed by atoms with Crippen molar-refractivity contribution in [2.24, 2.45) is 0 Å². The predicted octanol–water partition coefficient (Wildman–Crippen LogP) is 1.68. The Morgan fingerprint density at radius 2 is 2.14 bits per heavy atom. The molecule has 0 aliphatic carbocycles. The fraction of sp³-hybridized carbons (Fsp3) is 0. The number of nitrogens with two attached hydrogens (primary N) is 1. The first-order valence-corrected chi connectivity index (χ1v) is 5.79. The molecule has 104 valence electrons. The Balaban J connectivity index is 2.04. The first-order valence-electron chi connectivity index (χ1n) is 5.79. The number of aromatic nitrogens is 4. The van der Waals surface area contributed by atoms with Gasteiger partial charge in [-0.15, -0.1) is 0 Å². The predicted molar refractivity (Wildman–Crippen MR) is 71.8 cm³/mol. The Morgan fingerprint density at radius 3 is 2.86 bits per heavy atom. The van der Waals surface area contributed by atoms with Crippen molar-refractivity contribution < 1.29 is 9.45 Å². The van der Waals surface area contributed by atoms with E-state index in [0.717, 1.165) is 0 Å². The van der Waals surface area contributed by atoms with Gasteiger partial charge in [-0.05, 0) is 6.07 Å². The summed E-state index contributed by atoms with van der Waals surface area (Å²) in [7, 11) is 0. The van der Waals surface area contributed by atoms with E-state index in [0.29, 0.717) is 16.9 Å². The minimum Gasteiger partial charge on any atom is -0.398 e. The van der Waals surface area contributed by atoms with Crippen molar-refractivity contribution >= 4 is 11.4 Å². The van der Waals surface area contributed by atoms with Gasteiger partial charge < -0.3 is 10.3 Å². The summed E-state index contributed by atoms with van der Waals surface area (Å²) in [5.74, 6) is 0.306. The van der Waals surface area contributed by atoms with Gasteiger partial charge in [0, 0.05) is 30.2 Å². The summed E-state index contributed by atoms with van der Waals surface area (Å²) < 4.78 is 5.09. The van der Waals surface area contributed by atoms with E-state index in [1.807, 2.05) is 0 Å². The van der Waals surface area contributed by atoms with E-state index < -0.39 is 4.92 Å². The molecule has 0 aliphatic rings. The summed E-state index contributed by atoms with van der Waals surface area (Å²) in [5, 5.41) is 14.6. The minimum absolute atomic E-state index is 0.0804. The van der Waals surface area contributed by atoms with E-state index in [4.69, 9.17) is 10.3 Å². The van der Waals surface area contributed by atoms with Crippen LogP contribution in [-0.2, 0) is 0 Å². The van der Waals surface area contributed by atoms with Gasteiger partial charge in [-0.25, -0.2) is 4.98 Å². The van der Waals surface area contributed by atoms with Crippen molar-refractivity contribution in [1.29, 1.82) is 0 Å². The zero-order valence-corrected chi connectivity index (χ0v) is 10.5. The number of nitrogen functional groups attached to an aromatic ring is 1. The number of hydrogen-bond donors (Lipinski definition) is 1. The van der Waals surface area contributed by atoms with Gasteiger partial charge in [0.1, 0.15) is 5.69 Å². The molecule has 3 aromatic rings. The maximum absolute atomic E-state index is 10.8. The van der Waals surface area contributed by atoms with Gasteiger partial charge in [-0.2, -0.15) is 4.98 Å². The van der Waals surface area contributed by atoms with Crippen molar-refractivity contribution in [1.82, 2.24) is 20.1 Å². The van der Waals surface area contributed by atoms with Crippen molar-refractivity contribution in [3.8, 4) is 23.0 Å². The number of nitrogens with zero attached hydrogens (tertiary/aromatic N) is 5. The molecule has 2 heterocycles. The molecule has 3 rings (SSSR count). The van der Waals surface area contributed by atoms with Crippen LogP contribution in [0.4, 0.5) is 11.4 Å². The Hall–Kier alpha value is -3.36. The molecular weight excluding hydrogens is 276 g/mol. The molecule has 0 atom stereocenters. The normalized spacial score (nSPS) is 10.5. The van der Waals surface area contributed by atoms with Crippen LogP contribution in [0.25, 0.3) is 23.0 Å². The van der Waals surface area contributed by atoms with Gasteiger partial charge >= 0.3 is 0 Å². The summed E-state index contributed by atoms with van der Waals surface area (Å²) in [6.45, 7) is 0. The molecular formula is C12H8N6O3. The molecule has 9 nitrogen and oxygen atoms in total. The summed E-state index contributed by atoms with van der Waals surface area (Å²) in [4.78, 5) is 22.3. The maximum atomic E-state index is 10.8. The van der Waals surface area contributed by atoms with Crippen LogP contribution >= 0.6 is 0 Å². The molecule has 0 unspecified atom stereocenters. The monoisotopic (exact) mass is 284 g/mol. The first-order chi connectivity index (χ1) is 10.1. The topological polar surface area (TPSA) is 134 Å². The number of non-ortho nitro benzene ring substituents is 1. The minimum atomic E-state index is -0.525. The second kappa shape index (κ2) is 4.96. The van der Waals surface area contributed by atoms with Crippen molar-refractivity contribution in [3.63, 3.8) is 0 Å². The molecule has 0 aliphatic heterocycles. The number of nitro groups is 1. The van der Waals surface area contributed by atoms with Gasteiger partial charge in [-0.1, -0.05) is 5.16 Å². The van der Waals surface area contributed by atoms with Crippen LogP contribution in [0.1, 0.15) is 0 Å². The lowest BCUT2D eigenvalue weighted by Crippen LogP contribution is -1.94. The average Bonchev–Trinajstić information content (AvgIpc) is 2.98. The summed E-state index contributed by atoms with van der Waals surface area (Å²) >= 11 is 0. The third-order valence-corrected chi connectivity index (χ3v) is 2.70. The van der Waals surface area contributed by atoms with Gasteiger partial charge in [-0.3, -0.25) is 15.1 Å². The number of hydrogen-bond acceptors (Lipinski definition) is 8. The van der Waals surface area contributed by atoms with Gasteiger partial charge in [0.25, 0.3) is 11.6 Å². The van der Waals surface area contributed by atoms with E-state index in [9.17, 15) is 10.1 Å². The van der Waals surface area contributed by atoms with Gasteiger partial charge in [0.05, 0.1) is 16.7 Å². The molecule has 0 amide bonds. The van der Waals surface area contributed by atoms with Crippen LogP contribution in [0.5, 0.6) is 0 Å². The first kappa shape index (κ1) is 12.7.